The molecular formula is C32H33ClF2N6O3. The SMILES string of the molecule is COC/C=C/C(=O)N1CCN(c2nc(OC[C@@H]3C[C@@H](F)CN3C)nc3c(F)c(-c4cccc5cccc(Cl)c45)ncc23)CC1. The third-order valence-corrected chi connectivity index (χ3v) is 8.52. The number of carbonyl (C=O) groups is 1. The maximum atomic E-state index is 16.5. The number of aromatic nitrogens is 3. The highest BCUT2D eigenvalue weighted by Gasteiger charge is 2.31. The number of likely N-dealkylation sites (N-methyl/N-ethyl adjacent to an activating group) is 1. The molecule has 9 nitrogen and oxygen atoms in total. The molecule has 4 aromatic rings. The third kappa shape index (κ3) is 6.04. The molecule has 0 spiro atoms. The Labute approximate surface area is 259 Å². The summed E-state index contributed by atoms with van der Waals surface area (Å²) in [5.74, 6) is -0.261. The van der Waals surface area contributed by atoms with E-state index in [1.165, 1.54) is 6.08 Å². The molecule has 0 aliphatic carbocycles. The summed E-state index contributed by atoms with van der Waals surface area (Å²) in [6, 6.07) is 10.9. The first-order chi connectivity index (χ1) is 21.3. The van der Waals surface area contributed by atoms with E-state index in [9.17, 15) is 9.18 Å². The van der Waals surface area contributed by atoms with Crippen molar-refractivity contribution in [3.05, 3.63) is 65.6 Å². The topological polar surface area (TPSA) is 83.9 Å². The minimum atomic E-state index is -0.927. The van der Waals surface area contributed by atoms with Crippen molar-refractivity contribution >= 4 is 45.0 Å². The van der Waals surface area contributed by atoms with Gasteiger partial charge < -0.3 is 19.3 Å². The maximum Gasteiger partial charge on any atom is 0.319 e. The van der Waals surface area contributed by atoms with E-state index in [1.54, 1.807) is 36.4 Å². The summed E-state index contributed by atoms with van der Waals surface area (Å²) in [7, 11) is 3.41. The van der Waals surface area contributed by atoms with Crippen LogP contribution in [0.25, 0.3) is 32.9 Å². The summed E-state index contributed by atoms with van der Waals surface area (Å²) in [5, 5.41) is 2.47. The van der Waals surface area contributed by atoms with Crippen LogP contribution in [0.5, 0.6) is 6.01 Å². The van der Waals surface area contributed by atoms with Crippen LogP contribution in [-0.4, -0.2) is 103 Å². The molecule has 0 radical (unpaired) electrons. The molecule has 2 fully saturated rings. The smallest absolute Gasteiger partial charge is 0.319 e. The van der Waals surface area contributed by atoms with Gasteiger partial charge >= 0.3 is 6.01 Å². The first-order valence-corrected chi connectivity index (χ1v) is 14.9. The Hall–Kier alpha value is -3.93. The van der Waals surface area contributed by atoms with Gasteiger partial charge in [0.25, 0.3) is 0 Å². The van der Waals surface area contributed by atoms with Crippen LogP contribution in [0, 0.1) is 5.82 Å². The van der Waals surface area contributed by atoms with Crippen LogP contribution in [0.3, 0.4) is 0 Å². The lowest BCUT2D eigenvalue weighted by Crippen LogP contribution is -2.48. The molecule has 12 heteroatoms. The lowest BCUT2D eigenvalue weighted by atomic mass is 10.0. The Balaban J connectivity index is 1.37. The second-order valence-electron chi connectivity index (χ2n) is 11.1. The Bertz CT molecular complexity index is 1710. The summed E-state index contributed by atoms with van der Waals surface area (Å²) in [6.45, 7) is 2.68. The minimum absolute atomic E-state index is 0.00350. The fourth-order valence-electron chi connectivity index (χ4n) is 5.87. The van der Waals surface area contributed by atoms with Crippen molar-refractivity contribution in [3.8, 4) is 17.3 Å². The van der Waals surface area contributed by atoms with Gasteiger partial charge in [-0.25, -0.2) is 8.78 Å². The number of ether oxygens (including phenoxy) is 2. The highest BCUT2D eigenvalue weighted by atomic mass is 35.5. The highest BCUT2D eigenvalue weighted by molar-refractivity contribution is 6.36. The van der Waals surface area contributed by atoms with Crippen LogP contribution in [0.1, 0.15) is 6.42 Å². The van der Waals surface area contributed by atoms with Gasteiger partial charge in [-0.2, -0.15) is 9.97 Å². The number of carbonyl (C=O) groups excluding carboxylic acids is 1. The standard InChI is InChI=1S/C32H33ClF2N6O3/c1-39-18-21(34)16-22(39)19-44-32-37-30-24(31(38-32)41-13-11-40(12-14-41)26(42)10-5-15-43-2)17-36-29(28(30)35)23-8-3-6-20-7-4-9-25(33)27(20)23/h3-10,17,21-22H,11-16,18-19H2,1-2H3/b10-5+/t21-,22+/m1/s1. The molecular weight excluding hydrogens is 590 g/mol. The molecule has 230 valence electrons. The van der Waals surface area contributed by atoms with E-state index in [0.717, 1.165) is 5.39 Å². The van der Waals surface area contributed by atoms with E-state index in [4.69, 9.17) is 21.1 Å². The van der Waals surface area contributed by atoms with Gasteiger partial charge in [-0.15, -0.1) is 0 Å². The minimum Gasteiger partial charge on any atom is -0.462 e. The Kier molecular flexibility index (Phi) is 8.88. The number of halogens is 3. The maximum absolute atomic E-state index is 16.5. The summed E-state index contributed by atoms with van der Waals surface area (Å²) in [4.78, 5) is 32.0. The van der Waals surface area contributed by atoms with Crippen molar-refractivity contribution in [1.82, 2.24) is 24.8 Å². The van der Waals surface area contributed by atoms with E-state index in [2.05, 4.69) is 15.0 Å². The molecule has 2 aromatic carbocycles. The summed E-state index contributed by atoms with van der Waals surface area (Å²) in [5.41, 5.74) is 0.717. The normalized spacial score (nSPS) is 19.5. The molecule has 2 atom stereocenters. The summed E-state index contributed by atoms with van der Waals surface area (Å²) in [6.07, 6.45) is 4.18. The molecule has 2 aliphatic heterocycles. The molecule has 0 bridgehead atoms. The first-order valence-electron chi connectivity index (χ1n) is 14.5. The molecule has 2 aliphatic rings. The average Bonchev–Trinajstić information content (AvgIpc) is 3.36. The molecule has 0 unspecified atom stereocenters. The zero-order valence-electron chi connectivity index (χ0n) is 24.5. The second-order valence-corrected chi connectivity index (χ2v) is 11.5. The number of anilines is 1. The number of likely N-dealkylation sites (tertiary alicyclic amines) is 1. The second kappa shape index (κ2) is 13.0. The van der Waals surface area contributed by atoms with Gasteiger partial charge in [-0.05, 0) is 24.9 Å². The van der Waals surface area contributed by atoms with Gasteiger partial charge in [0.15, 0.2) is 5.82 Å². The molecule has 44 heavy (non-hydrogen) atoms. The van der Waals surface area contributed by atoms with Gasteiger partial charge in [0, 0.05) is 74.1 Å². The third-order valence-electron chi connectivity index (χ3n) is 8.21. The Morgan fingerprint density at radius 1 is 1.14 bits per heavy atom. The van der Waals surface area contributed by atoms with E-state index in [1.807, 2.05) is 41.1 Å². The van der Waals surface area contributed by atoms with Crippen LogP contribution >= 0.6 is 11.6 Å². The van der Waals surface area contributed by atoms with Crippen LogP contribution in [0.15, 0.2) is 54.7 Å². The van der Waals surface area contributed by atoms with Crippen LogP contribution in [0.2, 0.25) is 5.02 Å². The average molecular weight is 623 g/mol. The molecule has 1 amide bonds. The van der Waals surface area contributed by atoms with Gasteiger partial charge in [0.2, 0.25) is 5.91 Å². The van der Waals surface area contributed by atoms with Crippen LogP contribution in [0.4, 0.5) is 14.6 Å². The quantitative estimate of drug-likeness (QED) is 0.257. The number of amides is 1. The van der Waals surface area contributed by atoms with Crippen molar-refractivity contribution in [2.24, 2.45) is 0 Å². The number of pyridine rings is 1. The number of methoxy groups -OCH3 is 1. The molecule has 4 heterocycles. The van der Waals surface area contributed by atoms with Gasteiger partial charge in [0.05, 0.1) is 12.0 Å². The fourth-order valence-corrected chi connectivity index (χ4v) is 6.16. The van der Waals surface area contributed by atoms with Gasteiger partial charge in [0.1, 0.15) is 29.8 Å². The summed E-state index contributed by atoms with van der Waals surface area (Å²) >= 11 is 6.56. The Morgan fingerprint density at radius 3 is 2.64 bits per heavy atom. The zero-order chi connectivity index (χ0) is 30.8. The lowest BCUT2D eigenvalue weighted by Gasteiger charge is -2.35. The number of rotatable bonds is 8. The van der Waals surface area contributed by atoms with Crippen molar-refractivity contribution in [2.45, 2.75) is 18.6 Å². The zero-order valence-corrected chi connectivity index (χ0v) is 25.3. The van der Waals surface area contributed by atoms with Crippen LogP contribution in [-0.2, 0) is 9.53 Å². The van der Waals surface area contributed by atoms with Crippen molar-refractivity contribution in [2.75, 3.05) is 65.0 Å². The van der Waals surface area contributed by atoms with E-state index >= 15 is 4.39 Å². The first kappa shape index (κ1) is 30.1. The van der Waals surface area contributed by atoms with Gasteiger partial charge in [-0.1, -0.05) is 48.0 Å². The number of fused-ring (bicyclic) bond motifs is 2. The number of hydrogen-bond donors (Lipinski definition) is 0. The summed E-state index contributed by atoms with van der Waals surface area (Å²) < 4.78 is 41.5. The van der Waals surface area contributed by atoms with E-state index in [0.29, 0.717) is 72.9 Å². The molecule has 0 N–H and O–H groups in total. The van der Waals surface area contributed by atoms with Crippen molar-refractivity contribution in [3.63, 3.8) is 0 Å². The van der Waals surface area contributed by atoms with Gasteiger partial charge in [-0.3, -0.25) is 14.7 Å². The number of nitrogens with zero attached hydrogens (tertiary/aromatic N) is 6. The lowest BCUT2D eigenvalue weighted by molar-refractivity contribution is -0.126. The predicted molar refractivity (Wildman–Crippen MR) is 166 cm³/mol. The van der Waals surface area contributed by atoms with E-state index < -0.39 is 12.0 Å². The van der Waals surface area contributed by atoms with Crippen molar-refractivity contribution < 1.29 is 23.0 Å². The van der Waals surface area contributed by atoms with Crippen LogP contribution < -0.4 is 9.64 Å². The molecule has 2 saturated heterocycles. The molecule has 0 saturated carbocycles. The van der Waals surface area contributed by atoms with E-state index in [-0.39, 0.29) is 35.8 Å². The number of hydrogen-bond acceptors (Lipinski definition) is 8. The number of alkyl halides is 1. The Morgan fingerprint density at radius 2 is 1.91 bits per heavy atom. The predicted octanol–water partition coefficient (Wildman–Crippen LogP) is 4.91. The van der Waals surface area contributed by atoms with Crippen molar-refractivity contribution in [1.29, 1.82) is 0 Å². The fraction of sp³-hybridized carbons (Fsp3) is 0.375. The highest BCUT2D eigenvalue weighted by Crippen LogP contribution is 2.37. The largest absolute Gasteiger partial charge is 0.462 e. The number of piperazine rings is 1. The molecule has 6 rings (SSSR count). The monoisotopic (exact) mass is 622 g/mol. The molecule has 2 aromatic heterocycles. The number of benzene rings is 2.